The maximum atomic E-state index is 12.9. The quantitative estimate of drug-likeness (QED) is 0.594. The summed E-state index contributed by atoms with van der Waals surface area (Å²) in [4.78, 5) is 25.3. The second-order valence-electron chi connectivity index (χ2n) is 8.83. The fourth-order valence-corrected chi connectivity index (χ4v) is 5.49. The molecule has 162 valence electrons. The number of furan rings is 1. The molecular formula is C24H25ClN2O4. The van der Waals surface area contributed by atoms with Crippen LogP contribution in [0.25, 0.3) is 0 Å². The van der Waals surface area contributed by atoms with Gasteiger partial charge in [0.15, 0.2) is 6.61 Å². The summed E-state index contributed by atoms with van der Waals surface area (Å²) < 4.78 is 10.9. The van der Waals surface area contributed by atoms with Crippen LogP contribution in [0.4, 0.5) is 0 Å². The number of carbonyl (C=O) groups is 2. The maximum absolute atomic E-state index is 12.9. The number of carbonyl (C=O) groups excluding carboxylic acids is 2. The third kappa shape index (κ3) is 4.26. The number of fused-ring (bicyclic) bond motifs is 2. The van der Waals surface area contributed by atoms with Gasteiger partial charge in [0.05, 0.1) is 12.0 Å². The summed E-state index contributed by atoms with van der Waals surface area (Å²) in [6.07, 6.45) is 7.39. The van der Waals surface area contributed by atoms with Gasteiger partial charge in [0, 0.05) is 17.9 Å². The molecule has 3 aliphatic rings. The van der Waals surface area contributed by atoms with Gasteiger partial charge in [-0.05, 0) is 66.8 Å². The van der Waals surface area contributed by atoms with Gasteiger partial charge in [0.25, 0.3) is 5.91 Å². The van der Waals surface area contributed by atoms with Gasteiger partial charge in [-0.3, -0.25) is 9.59 Å². The molecule has 31 heavy (non-hydrogen) atoms. The van der Waals surface area contributed by atoms with Gasteiger partial charge in [0.1, 0.15) is 11.8 Å². The molecule has 5 rings (SSSR count). The zero-order valence-corrected chi connectivity index (χ0v) is 18.0. The van der Waals surface area contributed by atoms with Crippen LogP contribution in [-0.4, -0.2) is 29.2 Å². The lowest BCUT2D eigenvalue weighted by atomic mass is 9.86. The Labute approximate surface area is 186 Å². The lowest BCUT2D eigenvalue weighted by Gasteiger charge is -2.21. The summed E-state index contributed by atoms with van der Waals surface area (Å²) >= 11 is 5.99. The van der Waals surface area contributed by atoms with Crippen molar-refractivity contribution < 1.29 is 18.7 Å². The van der Waals surface area contributed by atoms with E-state index in [0.717, 1.165) is 23.6 Å². The summed E-state index contributed by atoms with van der Waals surface area (Å²) in [6, 6.07) is 10.6. The molecular weight excluding hydrogens is 416 g/mol. The first-order chi connectivity index (χ1) is 15.1. The Balaban J connectivity index is 1.24. The first-order valence-electron chi connectivity index (χ1n) is 10.9. The van der Waals surface area contributed by atoms with E-state index in [9.17, 15) is 9.59 Å². The van der Waals surface area contributed by atoms with E-state index >= 15 is 0 Å². The van der Waals surface area contributed by atoms with E-state index in [1.807, 2.05) is 18.2 Å². The first kappa shape index (κ1) is 20.3. The Kier molecular flexibility index (Phi) is 5.57. The number of nitrogens with zero attached hydrogens (tertiary/aromatic N) is 2. The first-order valence-corrected chi connectivity index (χ1v) is 11.3. The number of hydrazone groups is 1. The molecule has 6 nitrogen and oxygen atoms in total. The monoisotopic (exact) mass is 440 g/mol. The standard InChI is InChI=1S/C24H25ClN2O4/c25-19-7-5-16(6-8-19)20-13-21(22-2-1-9-30-22)27(26-20)23(28)14-31-24(29)12-18-11-15-3-4-17(18)10-15/h1-2,5-9,15,17-18,21H,3-4,10-14H2. The number of ether oxygens (including phenoxy) is 1. The van der Waals surface area contributed by atoms with E-state index in [2.05, 4.69) is 5.10 Å². The smallest absolute Gasteiger partial charge is 0.306 e. The van der Waals surface area contributed by atoms with Crippen molar-refractivity contribution in [3.05, 3.63) is 59.0 Å². The fraction of sp³-hybridized carbons (Fsp3) is 0.458. The predicted molar refractivity (Wildman–Crippen MR) is 115 cm³/mol. The molecule has 2 aliphatic carbocycles. The number of amides is 1. The molecule has 1 aromatic heterocycles. The Morgan fingerprint density at radius 2 is 2.00 bits per heavy atom. The predicted octanol–water partition coefficient (Wildman–Crippen LogP) is 4.98. The van der Waals surface area contributed by atoms with Crippen LogP contribution in [-0.2, 0) is 14.3 Å². The molecule has 2 aromatic rings. The third-order valence-electron chi connectivity index (χ3n) is 6.88. The topological polar surface area (TPSA) is 72.1 Å². The van der Waals surface area contributed by atoms with E-state index in [0.29, 0.717) is 35.5 Å². The second-order valence-corrected chi connectivity index (χ2v) is 9.26. The van der Waals surface area contributed by atoms with Crippen LogP contribution in [0.15, 0.2) is 52.2 Å². The van der Waals surface area contributed by atoms with Crippen molar-refractivity contribution >= 4 is 29.2 Å². The van der Waals surface area contributed by atoms with Crippen LogP contribution >= 0.6 is 11.6 Å². The van der Waals surface area contributed by atoms with Gasteiger partial charge in [0.2, 0.25) is 0 Å². The summed E-state index contributed by atoms with van der Waals surface area (Å²) in [6.45, 7) is -0.311. The summed E-state index contributed by atoms with van der Waals surface area (Å²) in [7, 11) is 0. The highest BCUT2D eigenvalue weighted by atomic mass is 35.5. The molecule has 7 heteroatoms. The minimum atomic E-state index is -0.363. The molecule has 1 amide bonds. The maximum Gasteiger partial charge on any atom is 0.306 e. The van der Waals surface area contributed by atoms with Crippen molar-refractivity contribution in [1.82, 2.24) is 5.01 Å². The molecule has 4 unspecified atom stereocenters. The van der Waals surface area contributed by atoms with Crippen molar-refractivity contribution in [3.8, 4) is 0 Å². The van der Waals surface area contributed by atoms with Crippen LogP contribution < -0.4 is 0 Å². The lowest BCUT2D eigenvalue weighted by molar-refractivity contribution is -0.154. The molecule has 0 radical (unpaired) electrons. The third-order valence-corrected chi connectivity index (χ3v) is 7.14. The van der Waals surface area contributed by atoms with Crippen molar-refractivity contribution in [2.45, 2.75) is 44.6 Å². The van der Waals surface area contributed by atoms with Crippen LogP contribution in [0.2, 0.25) is 5.02 Å². The van der Waals surface area contributed by atoms with E-state index in [1.54, 1.807) is 24.5 Å². The zero-order chi connectivity index (χ0) is 21.4. The molecule has 0 N–H and O–H groups in total. The van der Waals surface area contributed by atoms with Crippen molar-refractivity contribution in [2.75, 3.05) is 6.61 Å². The van der Waals surface area contributed by atoms with Gasteiger partial charge in [-0.15, -0.1) is 0 Å². The minimum Gasteiger partial charge on any atom is -0.467 e. The highest BCUT2D eigenvalue weighted by Crippen LogP contribution is 2.49. The van der Waals surface area contributed by atoms with Gasteiger partial charge in [-0.1, -0.05) is 30.2 Å². The fourth-order valence-electron chi connectivity index (χ4n) is 5.37. The van der Waals surface area contributed by atoms with Crippen molar-refractivity contribution in [2.24, 2.45) is 22.9 Å². The average molecular weight is 441 g/mol. The number of benzene rings is 1. The van der Waals surface area contributed by atoms with Gasteiger partial charge >= 0.3 is 5.97 Å². The lowest BCUT2D eigenvalue weighted by Crippen LogP contribution is -2.31. The van der Waals surface area contributed by atoms with Gasteiger partial charge in [-0.2, -0.15) is 5.10 Å². The van der Waals surface area contributed by atoms with Gasteiger partial charge in [-0.25, -0.2) is 5.01 Å². The number of esters is 1. The second kappa shape index (κ2) is 8.50. The molecule has 0 spiro atoms. The number of hydrogen-bond donors (Lipinski definition) is 0. The number of halogens is 1. The average Bonchev–Trinajstić information content (AvgIpc) is 3.56. The van der Waals surface area contributed by atoms with Gasteiger partial charge < -0.3 is 9.15 Å². The molecule has 2 fully saturated rings. The highest BCUT2D eigenvalue weighted by molar-refractivity contribution is 6.30. The number of rotatable bonds is 6. The summed E-state index contributed by atoms with van der Waals surface area (Å²) in [5.74, 6) is 1.85. The summed E-state index contributed by atoms with van der Waals surface area (Å²) in [5, 5.41) is 6.57. The Morgan fingerprint density at radius 1 is 1.16 bits per heavy atom. The molecule has 1 aliphatic heterocycles. The highest BCUT2D eigenvalue weighted by Gasteiger charge is 2.41. The molecule has 2 bridgehead atoms. The van der Waals surface area contributed by atoms with E-state index < -0.39 is 0 Å². The van der Waals surface area contributed by atoms with Crippen LogP contribution in [0.3, 0.4) is 0 Å². The molecule has 0 saturated heterocycles. The summed E-state index contributed by atoms with van der Waals surface area (Å²) in [5.41, 5.74) is 1.66. The van der Waals surface area contributed by atoms with E-state index in [1.165, 1.54) is 24.3 Å². The minimum absolute atomic E-state index is 0.290. The Bertz CT molecular complexity index is 986. The molecule has 1 aromatic carbocycles. The van der Waals surface area contributed by atoms with E-state index in [-0.39, 0.29) is 24.5 Å². The largest absolute Gasteiger partial charge is 0.467 e. The Morgan fingerprint density at radius 3 is 2.68 bits per heavy atom. The number of hydrogen-bond acceptors (Lipinski definition) is 5. The van der Waals surface area contributed by atoms with Crippen LogP contribution in [0.5, 0.6) is 0 Å². The molecule has 2 heterocycles. The van der Waals surface area contributed by atoms with Crippen LogP contribution in [0, 0.1) is 17.8 Å². The molecule has 2 saturated carbocycles. The normalized spacial score (nSPS) is 26.9. The Hall–Kier alpha value is -2.60. The SMILES string of the molecule is O=C(CC1CC2CCC1C2)OCC(=O)N1N=C(c2ccc(Cl)cc2)CC1c1ccco1. The molecule has 4 atom stereocenters. The van der Waals surface area contributed by atoms with Crippen molar-refractivity contribution in [1.29, 1.82) is 0 Å². The van der Waals surface area contributed by atoms with Crippen molar-refractivity contribution in [3.63, 3.8) is 0 Å². The zero-order valence-electron chi connectivity index (χ0n) is 17.2. The van der Waals surface area contributed by atoms with E-state index in [4.69, 9.17) is 20.8 Å². The van der Waals surface area contributed by atoms with Crippen LogP contribution in [0.1, 0.15) is 55.9 Å².